The van der Waals surface area contributed by atoms with Crippen LogP contribution in [0.2, 0.25) is 0 Å². The van der Waals surface area contributed by atoms with Gasteiger partial charge in [-0.2, -0.15) is 0 Å². The van der Waals surface area contributed by atoms with E-state index in [0.29, 0.717) is 88.0 Å². The van der Waals surface area contributed by atoms with Crippen LogP contribution in [0.4, 0.5) is 10.6 Å². The first kappa shape index (κ1) is 65.6. The van der Waals surface area contributed by atoms with Crippen molar-refractivity contribution in [3.63, 3.8) is 0 Å². The van der Waals surface area contributed by atoms with Gasteiger partial charge in [0.15, 0.2) is 0 Å². The van der Waals surface area contributed by atoms with Gasteiger partial charge in [0.1, 0.15) is 88.3 Å². The summed E-state index contributed by atoms with van der Waals surface area (Å²) in [5, 5.41) is 53.5. The number of nitrogens with zero attached hydrogens (tertiary/aromatic N) is 8. The Balaban J connectivity index is 1.03. The first-order chi connectivity index (χ1) is 43.7. The number of thiazole rings is 6. The van der Waals surface area contributed by atoms with Crippen LogP contribution < -0.4 is 31.5 Å². The average molecular weight is 1350 g/mol. The highest BCUT2D eigenvalue weighted by Crippen LogP contribution is 2.41. The Labute approximate surface area is 544 Å². The van der Waals surface area contributed by atoms with E-state index >= 15 is 0 Å². The summed E-state index contributed by atoms with van der Waals surface area (Å²) in [5.74, 6) is -5.57. The molecule has 4 atom stereocenters. The van der Waals surface area contributed by atoms with Gasteiger partial charge < -0.3 is 51.4 Å². The number of pyridine rings is 1. The third kappa shape index (κ3) is 15.5. The lowest BCUT2D eigenvalue weighted by atomic mass is 9.82. The average Bonchev–Trinajstić information content (AvgIpc) is 1.76. The van der Waals surface area contributed by atoms with E-state index in [1.165, 1.54) is 41.7 Å². The Morgan fingerprint density at radius 3 is 2.15 bits per heavy atom. The normalized spacial score (nSPS) is 18.2. The molecule has 1 aromatic carbocycles. The topological polar surface area (TPSA) is 369 Å². The Bertz CT molecular complexity index is 4000. The fraction of sp³-hybridized carbons (Fsp3) is 0.373. The number of aliphatic carboxylic acids is 2. The van der Waals surface area contributed by atoms with Crippen LogP contribution in [0.15, 0.2) is 64.0 Å². The van der Waals surface area contributed by atoms with Crippen molar-refractivity contribution in [3.8, 4) is 43.4 Å². The first-order valence-electron chi connectivity index (χ1n) is 28.6. The number of aliphatic hydroxyl groups is 1. The number of fused-ring (bicyclic) bond motifs is 14. The summed E-state index contributed by atoms with van der Waals surface area (Å²) in [6.07, 6.45) is -1.32. The monoisotopic (exact) mass is 1350 g/mol. The summed E-state index contributed by atoms with van der Waals surface area (Å²) in [7, 11) is 2.92. The van der Waals surface area contributed by atoms with Gasteiger partial charge in [-0.05, 0) is 56.2 Å². The summed E-state index contributed by atoms with van der Waals surface area (Å²) < 4.78 is 11.2. The van der Waals surface area contributed by atoms with E-state index < -0.39 is 90.4 Å². The number of hydrogen-bond acceptors (Lipinski definition) is 24. The van der Waals surface area contributed by atoms with E-state index in [2.05, 4.69) is 26.6 Å². The largest absolute Gasteiger partial charge is 0.481 e. The number of aliphatic hydroxyl groups excluding tert-OH is 1. The number of carboxylic acid groups (broad SMARTS) is 2. The maximum Gasteiger partial charge on any atom is 0.415 e. The van der Waals surface area contributed by atoms with Crippen molar-refractivity contribution in [1.29, 1.82) is 0 Å². The molecule has 10 bridgehead atoms. The number of anilines is 1. The SMILES string of the molecule is CNC(=O)C[C@@H]1NC(=O)c2csc(n2)-c2ccc(-c3nc(N(CCCCCC(=O)O)C(=O)OC4CC(C(=O)O)C4)cs3)nc2-c2csc(n2)-c2csc(n2)[C@H]([C@@H](O)c2ccccc2)NC(=O)CNC(=O)c2nc(sc2COC)C(C(C)C)NC(=O)c2nc1sc2C. The minimum absolute atomic E-state index is 0.00978. The Morgan fingerprint density at radius 2 is 1.42 bits per heavy atom. The van der Waals surface area contributed by atoms with Crippen molar-refractivity contribution >= 4 is 121 Å². The number of carboxylic acids is 2. The highest BCUT2D eigenvalue weighted by molar-refractivity contribution is 7.15. The molecule has 7 aromatic heterocycles. The van der Waals surface area contributed by atoms with Crippen molar-refractivity contribution in [1.82, 2.24) is 61.5 Å². The highest BCUT2D eigenvalue weighted by atomic mass is 32.1. The predicted octanol–water partition coefficient (Wildman–Crippen LogP) is 8.76. The minimum atomic E-state index is -1.31. The van der Waals surface area contributed by atoms with E-state index in [9.17, 15) is 53.7 Å². The summed E-state index contributed by atoms with van der Waals surface area (Å²) >= 11 is 7.00. The van der Waals surface area contributed by atoms with E-state index in [0.717, 1.165) is 45.3 Å². The molecule has 10 rings (SSSR count). The van der Waals surface area contributed by atoms with Gasteiger partial charge in [-0.15, -0.1) is 68.0 Å². The number of nitrogens with one attached hydrogen (secondary N) is 5. The Kier molecular flexibility index (Phi) is 21.1. The smallest absolute Gasteiger partial charge is 0.415 e. The molecule has 26 nitrogen and oxygen atoms in total. The first-order valence-corrected chi connectivity index (χ1v) is 33.8. The second-order valence-corrected chi connectivity index (χ2v) is 27.3. The molecule has 8 heterocycles. The van der Waals surface area contributed by atoms with Crippen LogP contribution in [0.3, 0.4) is 0 Å². The molecule has 8 N–H and O–H groups in total. The fourth-order valence-electron chi connectivity index (χ4n) is 9.79. The Morgan fingerprint density at radius 1 is 0.703 bits per heavy atom. The van der Waals surface area contributed by atoms with Crippen molar-refractivity contribution < 1.29 is 63.1 Å². The van der Waals surface area contributed by atoms with E-state index in [1.54, 1.807) is 70.9 Å². The number of ether oxygens (including phenoxy) is 2. The second-order valence-electron chi connectivity index (χ2n) is 21.5. The van der Waals surface area contributed by atoms with Gasteiger partial charge in [0.05, 0.1) is 48.1 Å². The molecule has 1 aliphatic heterocycles. The molecule has 1 unspecified atom stereocenters. The lowest BCUT2D eigenvalue weighted by Gasteiger charge is -2.33. The molecule has 0 saturated heterocycles. The number of rotatable bonds is 17. The highest BCUT2D eigenvalue weighted by Gasteiger charge is 2.39. The maximum absolute atomic E-state index is 14.4. The van der Waals surface area contributed by atoms with Crippen LogP contribution in [-0.2, 0) is 35.3 Å². The van der Waals surface area contributed by atoms with Crippen LogP contribution in [0.1, 0.15) is 145 Å². The zero-order valence-electron chi connectivity index (χ0n) is 49.4. The number of aromatic nitrogens is 7. The van der Waals surface area contributed by atoms with Crippen LogP contribution in [0, 0.1) is 18.8 Å². The standard InChI is InChI=1S/C59H61N13O13S6/c1-27(2)43-57-71-46(38(91-57)22-84-5)50(79)61-21-41(74)68-47(48(77)29-12-8-6-9-13-29)56-66-37(25-88-56)54-64-35(23-87-54)45-32(52-65-36(24-86-52)49(78)63-34(20-40(73)60-4)55-70-44(28(3)90-55)51(80)69-43)15-16-33(62-45)53-67-39(26-89-53)72(17-11-7-10-14-42(75)76)59(83)85-31-18-30(19-31)58(81)82/h6,8-9,12-13,15-16,23-27,30-31,34,43,47-48,77H,7,10-11,14,17-22H2,1-5H3,(H,60,73)(H,61,79)(H,63,78)(H,68,74)(H,69,80)(H,75,76)(H,81,82)/t30?,31?,34-,43?,47-,48-/m0/s1. The predicted molar refractivity (Wildman–Crippen MR) is 341 cm³/mol. The number of amides is 6. The van der Waals surface area contributed by atoms with Crippen LogP contribution in [0.25, 0.3) is 43.4 Å². The van der Waals surface area contributed by atoms with Gasteiger partial charge in [0, 0.05) is 59.1 Å². The summed E-state index contributed by atoms with van der Waals surface area (Å²) in [5.41, 5.74) is 2.36. The maximum atomic E-state index is 14.4. The number of carbonyl (C=O) groups excluding carboxylic acids is 6. The van der Waals surface area contributed by atoms with Gasteiger partial charge in [0.2, 0.25) is 11.8 Å². The Hall–Kier alpha value is -8.37. The summed E-state index contributed by atoms with van der Waals surface area (Å²) in [4.78, 5) is 143. The molecule has 8 aromatic rings. The summed E-state index contributed by atoms with van der Waals surface area (Å²) in [6.45, 7) is 5.02. The lowest BCUT2D eigenvalue weighted by Crippen LogP contribution is -2.42. The number of unbranched alkanes of at least 4 members (excludes halogenated alkanes) is 2. The van der Waals surface area contributed by atoms with E-state index in [-0.39, 0.29) is 72.7 Å². The molecule has 1 aliphatic carbocycles. The van der Waals surface area contributed by atoms with E-state index in [4.69, 9.17) is 44.4 Å². The van der Waals surface area contributed by atoms with Crippen LogP contribution in [0.5, 0.6) is 0 Å². The minimum Gasteiger partial charge on any atom is -0.481 e. The fourth-order valence-corrected chi connectivity index (χ4v) is 15.3. The lowest BCUT2D eigenvalue weighted by molar-refractivity contribution is -0.148. The van der Waals surface area contributed by atoms with Gasteiger partial charge in [-0.25, -0.2) is 39.7 Å². The third-order valence-corrected chi connectivity index (χ3v) is 20.4. The van der Waals surface area contributed by atoms with Gasteiger partial charge in [-0.1, -0.05) is 50.6 Å². The van der Waals surface area contributed by atoms with E-state index in [1.807, 2.05) is 13.8 Å². The molecular formula is C59H61N13O13S6. The van der Waals surface area contributed by atoms with Crippen molar-refractivity contribution in [2.75, 3.05) is 32.1 Å². The van der Waals surface area contributed by atoms with Crippen molar-refractivity contribution in [2.24, 2.45) is 11.8 Å². The number of carbonyl (C=O) groups is 8. The second kappa shape index (κ2) is 29.3. The molecule has 1 fully saturated rings. The number of benzene rings is 1. The molecule has 0 spiro atoms. The molecule has 32 heteroatoms. The van der Waals surface area contributed by atoms with Crippen LogP contribution >= 0.6 is 68.0 Å². The zero-order chi connectivity index (χ0) is 64.6. The van der Waals surface area contributed by atoms with Gasteiger partial charge in [-0.3, -0.25) is 38.5 Å². The molecule has 1 saturated carbocycles. The van der Waals surface area contributed by atoms with Crippen molar-refractivity contribution in [2.45, 2.75) is 103 Å². The van der Waals surface area contributed by atoms with Crippen LogP contribution in [-0.4, -0.2) is 131 Å². The zero-order valence-corrected chi connectivity index (χ0v) is 54.3. The summed E-state index contributed by atoms with van der Waals surface area (Å²) in [6, 6.07) is 9.27. The molecule has 6 amide bonds. The number of methoxy groups -OCH3 is 1. The quantitative estimate of drug-likeness (QED) is 0.0395. The van der Waals surface area contributed by atoms with Gasteiger partial charge >= 0.3 is 18.0 Å². The molecule has 476 valence electrons. The molecular weight excluding hydrogens is 1290 g/mol. The molecule has 91 heavy (non-hydrogen) atoms. The number of aryl methyl sites for hydroxylation is 1. The number of hydrogen-bond donors (Lipinski definition) is 8. The molecule has 0 radical (unpaired) electrons. The molecule has 2 aliphatic rings. The third-order valence-electron chi connectivity index (χ3n) is 14.7. The van der Waals surface area contributed by atoms with Crippen molar-refractivity contribution in [3.05, 3.63) is 111 Å². The van der Waals surface area contributed by atoms with Gasteiger partial charge in [0.25, 0.3) is 17.7 Å².